The molecule has 1 rings (SSSR count). The molecule has 0 heterocycles. The Morgan fingerprint density at radius 1 is 0.955 bits per heavy atom. The molecule has 1 nitrogen and oxygen atoms in total. The Labute approximate surface area is 139 Å². The minimum absolute atomic E-state index is 0.595. The van der Waals surface area contributed by atoms with Crippen molar-refractivity contribution in [1.82, 2.24) is 0 Å². The summed E-state index contributed by atoms with van der Waals surface area (Å²) >= 11 is 0. The first-order chi connectivity index (χ1) is 10.6. The molecule has 0 aromatic heterocycles. The second kappa shape index (κ2) is 19.4. The van der Waals surface area contributed by atoms with Crippen LogP contribution in [-0.2, 0) is 0 Å². The molecule has 0 aliphatic rings. The molecule has 0 radical (unpaired) electrons. The van der Waals surface area contributed by atoms with E-state index in [0.29, 0.717) is 5.92 Å². The molecule has 1 aromatic carbocycles. The molecule has 0 fully saturated rings. The molecule has 0 aliphatic heterocycles. The molecule has 1 N–H and O–H groups in total. The van der Waals surface area contributed by atoms with Crippen molar-refractivity contribution < 1.29 is 5.11 Å². The van der Waals surface area contributed by atoms with Crippen LogP contribution in [0.2, 0.25) is 0 Å². The van der Waals surface area contributed by atoms with E-state index in [4.69, 9.17) is 5.11 Å². The molecule has 0 saturated heterocycles. The first kappa shape index (κ1) is 25.4. The number of rotatable bonds is 4. The maximum absolute atomic E-state index is 7.00. The maximum atomic E-state index is 7.00. The van der Waals surface area contributed by atoms with E-state index in [0.717, 1.165) is 7.11 Å². The molecule has 0 unspecified atom stereocenters. The Balaban J connectivity index is -0.000000535. The van der Waals surface area contributed by atoms with Crippen LogP contribution >= 0.6 is 0 Å². The monoisotopic (exact) mass is 304 g/mol. The van der Waals surface area contributed by atoms with Crippen LogP contribution in [0.1, 0.15) is 54.0 Å². The van der Waals surface area contributed by atoms with E-state index >= 15 is 0 Å². The summed E-state index contributed by atoms with van der Waals surface area (Å²) in [4.78, 5) is 0. The van der Waals surface area contributed by atoms with Gasteiger partial charge in [0.15, 0.2) is 0 Å². The molecule has 0 atom stereocenters. The fraction of sp³-hybridized carbons (Fsp3) is 0.429. The zero-order valence-corrected chi connectivity index (χ0v) is 15.9. The third kappa shape index (κ3) is 12.2. The Morgan fingerprint density at radius 3 is 1.77 bits per heavy atom. The van der Waals surface area contributed by atoms with Gasteiger partial charge in [-0.2, -0.15) is 0 Å². The van der Waals surface area contributed by atoms with Gasteiger partial charge >= 0.3 is 0 Å². The second-order valence-corrected chi connectivity index (χ2v) is 4.26. The van der Waals surface area contributed by atoms with E-state index in [2.05, 4.69) is 51.6 Å². The van der Waals surface area contributed by atoms with Crippen molar-refractivity contribution in [3.05, 3.63) is 66.3 Å². The van der Waals surface area contributed by atoms with E-state index in [9.17, 15) is 0 Å². The normalized spacial score (nSPS) is 10.3. The van der Waals surface area contributed by atoms with Crippen molar-refractivity contribution in [2.45, 2.75) is 48.5 Å². The van der Waals surface area contributed by atoms with Crippen LogP contribution < -0.4 is 0 Å². The van der Waals surface area contributed by atoms with Gasteiger partial charge in [0.1, 0.15) is 0 Å². The quantitative estimate of drug-likeness (QED) is 0.628. The predicted molar refractivity (Wildman–Crippen MR) is 104 cm³/mol. The highest BCUT2D eigenvalue weighted by atomic mass is 16.2. The summed E-state index contributed by atoms with van der Waals surface area (Å²) in [7, 11) is 1.00. The average Bonchev–Trinajstić information content (AvgIpc) is 2.61. The highest BCUT2D eigenvalue weighted by Crippen LogP contribution is 2.16. The van der Waals surface area contributed by atoms with Crippen molar-refractivity contribution in [3.63, 3.8) is 0 Å². The van der Waals surface area contributed by atoms with Gasteiger partial charge < -0.3 is 5.11 Å². The predicted octanol–water partition coefficient (Wildman–Crippen LogP) is 6.52. The minimum atomic E-state index is 0.595. The van der Waals surface area contributed by atoms with Crippen molar-refractivity contribution in [2.75, 3.05) is 7.11 Å². The van der Waals surface area contributed by atoms with Gasteiger partial charge in [-0.1, -0.05) is 102 Å². The van der Waals surface area contributed by atoms with Gasteiger partial charge in [0.05, 0.1) is 0 Å². The molecule has 0 bridgehead atoms. The SMILES string of the molecule is C=C/C(=C\C=C(/C)C(C)C)c1ccccc1.CC.CC.CO. The second-order valence-electron chi connectivity index (χ2n) is 4.26. The molecule has 0 amide bonds. The first-order valence-corrected chi connectivity index (χ1v) is 8.16. The number of hydrogen-bond acceptors (Lipinski definition) is 1. The summed E-state index contributed by atoms with van der Waals surface area (Å²) in [5, 5.41) is 7.00. The van der Waals surface area contributed by atoms with Gasteiger partial charge in [0, 0.05) is 7.11 Å². The zero-order valence-electron chi connectivity index (χ0n) is 15.9. The number of allylic oxidation sites excluding steroid dienone is 5. The Bertz CT molecular complexity index is 397. The maximum Gasteiger partial charge on any atom is 0.0319 e. The zero-order chi connectivity index (χ0) is 18.0. The van der Waals surface area contributed by atoms with Crippen LogP contribution in [0.5, 0.6) is 0 Å². The van der Waals surface area contributed by atoms with Crippen LogP contribution in [0.15, 0.2) is 60.7 Å². The van der Waals surface area contributed by atoms with E-state index in [1.54, 1.807) is 0 Å². The largest absolute Gasteiger partial charge is 0.400 e. The van der Waals surface area contributed by atoms with Gasteiger partial charge in [-0.3, -0.25) is 0 Å². The number of aliphatic hydroxyl groups excluding tert-OH is 1. The lowest BCUT2D eigenvalue weighted by Gasteiger charge is -2.04. The van der Waals surface area contributed by atoms with Gasteiger partial charge in [-0.15, -0.1) is 0 Å². The molecular weight excluding hydrogens is 268 g/mol. The average molecular weight is 305 g/mol. The Morgan fingerprint density at radius 2 is 1.41 bits per heavy atom. The highest BCUT2D eigenvalue weighted by Gasteiger charge is 1.96. The fourth-order valence-corrected chi connectivity index (χ4v) is 1.33. The number of benzene rings is 1. The summed E-state index contributed by atoms with van der Waals surface area (Å²) < 4.78 is 0. The van der Waals surface area contributed by atoms with E-state index in [1.807, 2.05) is 52.0 Å². The molecule has 126 valence electrons. The summed E-state index contributed by atoms with van der Waals surface area (Å²) in [6.45, 7) is 18.4. The van der Waals surface area contributed by atoms with Crippen molar-refractivity contribution >= 4 is 5.57 Å². The lowest BCUT2D eigenvalue weighted by atomic mass is 10.0. The van der Waals surface area contributed by atoms with Crippen molar-refractivity contribution in [3.8, 4) is 0 Å². The molecule has 1 aromatic rings. The summed E-state index contributed by atoms with van der Waals surface area (Å²) in [5.74, 6) is 0.595. The Kier molecular flexibility index (Phi) is 22.4. The lowest BCUT2D eigenvalue weighted by molar-refractivity contribution is 0.399. The highest BCUT2D eigenvalue weighted by molar-refractivity contribution is 5.74. The Hall–Kier alpha value is -1.60. The number of hydrogen-bond donors (Lipinski definition) is 1. The van der Waals surface area contributed by atoms with Crippen LogP contribution in [0.25, 0.3) is 5.57 Å². The topological polar surface area (TPSA) is 20.2 Å². The van der Waals surface area contributed by atoms with E-state index in [-0.39, 0.29) is 0 Å². The van der Waals surface area contributed by atoms with Crippen LogP contribution in [0, 0.1) is 5.92 Å². The lowest BCUT2D eigenvalue weighted by Crippen LogP contribution is -1.87. The summed E-state index contributed by atoms with van der Waals surface area (Å²) in [5.41, 5.74) is 3.76. The molecule has 0 aliphatic carbocycles. The van der Waals surface area contributed by atoms with Crippen LogP contribution in [0.4, 0.5) is 0 Å². The number of aliphatic hydroxyl groups is 1. The third-order valence-corrected chi connectivity index (χ3v) is 2.76. The molecular formula is C21H36O. The van der Waals surface area contributed by atoms with Crippen molar-refractivity contribution in [2.24, 2.45) is 5.92 Å². The molecule has 22 heavy (non-hydrogen) atoms. The fourth-order valence-electron chi connectivity index (χ4n) is 1.33. The summed E-state index contributed by atoms with van der Waals surface area (Å²) in [6, 6.07) is 10.3. The van der Waals surface area contributed by atoms with Crippen molar-refractivity contribution in [1.29, 1.82) is 0 Å². The van der Waals surface area contributed by atoms with Gasteiger partial charge in [0.25, 0.3) is 0 Å². The van der Waals surface area contributed by atoms with Gasteiger partial charge in [-0.25, -0.2) is 0 Å². The van der Waals surface area contributed by atoms with Gasteiger partial charge in [-0.05, 0) is 24.0 Å². The van der Waals surface area contributed by atoms with Crippen LogP contribution in [0.3, 0.4) is 0 Å². The molecule has 0 saturated carbocycles. The summed E-state index contributed by atoms with van der Waals surface area (Å²) in [6.07, 6.45) is 6.21. The minimum Gasteiger partial charge on any atom is -0.400 e. The third-order valence-electron chi connectivity index (χ3n) is 2.76. The molecule has 0 spiro atoms. The smallest absolute Gasteiger partial charge is 0.0319 e. The molecule has 1 heteroatoms. The van der Waals surface area contributed by atoms with Gasteiger partial charge in [0.2, 0.25) is 0 Å². The van der Waals surface area contributed by atoms with Crippen LogP contribution in [-0.4, -0.2) is 12.2 Å². The van der Waals surface area contributed by atoms with E-state index < -0.39 is 0 Å². The first-order valence-electron chi connectivity index (χ1n) is 8.16. The van der Waals surface area contributed by atoms with E-state index in [1.165, 1.54) is 16.7 Å². The standard InChI is InChI=1S/C16H20.2C2H6.CH4O/c1-5-15(12-11-14(4)13(2)3)16-9-7-6-8-10-16;3*1-2/h5-13H,1H2,2-4H3;2*1-2H3;2H,1H3/b14-11+,15-12+;;;.